The lowest BCUT2D eigenvalue weighted by molar-refractivity contribution is -0.159. The Balaban J connectivity index is 2.32. The Morgan fingerprint density at radius 1 is 1.33 bits per heavy atom. The number of hydrogen-bond acceptors (Lipinski definition) is 5. The molecule has 0 saturated carbocycles. The van der Waals surface area contributed by atoms with Crippen molar-refractivity contribution in [3.63, 3.8) is 0 Å². The van der Waals surface area contributed by atoms with Crippen molar-refractivity contribution in [2.45, 2.75) is 6.18 Å². The fourth-order valence-electron chi connectivity index (χ4n) is 1.11. The van der Waals surface area contributed by atoms with Gasteiger partial charge in [0.1, 0.15) is 5.69 Å². The first kappa shape index (κ1) is 12.0. The molecule has 0 bridgehead atoms. The van der Waals surface area contributed by atoms with Crippen LogP contribution in [0.1, 0.15) is 16.4 Å². The Hall–Kier alpha value is -2.45. The molecule has 0 aliphatic rings. The second-order valence-corrected chi connectivity index (χ2v) is 3.16. The minimum atomic E-state index is -4.72. The molecule has 6 nitrogen and oxygen atoms in total. The monoisotopic (exact) mass is 259 g/mol. The van der Waals surface area contributed by atoms with Gasteiger partial charge in [0, 0.05) is 11.8 Å². The average molecular weight is 259 g/mol. The number of aromatic carboxylic acids is 1. The van der Waals surface area contributed by atoms with Gasteiger partial charge in [-0.3, -0.25) is 0 Å². The first-order chi connectivity index (χ1) is 8.38. The standard InChI is InChI=1S/C9H4F3N3O3/c10-9(11,12)8-14-6(15-18-8)4-1-2-5(7(16)17)13-3-4/h1-3H,(H,16,17). The number of carboxylic acids is 1. The predicted octanol–water partition coefficient (Wildman–Crippen LogP) is 1.85. The SMILES string of the molecule is O=C(O)c1ccc(-c2noc(C(F)(F)F)n2)cn1. The smallest absolute Gasteiger partial charge is 0.471 e. The quantitative estimate of drug-likeness (QED) is 0.885. The molecule has 0 amide bonds. The average Bonchev–Trinajstić information content (AvgIpc) is 2.78. The van der Waals surface area contributed by atoms with Gasteiger partial charge in [0.25, 0.3) is 0 Å². The van der Waals surface area contributed by atoms with Gasteiger partial charge < -0.3 is 9.63 Å². The van der Waals surface area contributed by atoms with Crippen LogP contribution in [-0.4, -0.2) is 26.2 Å². The van der Waals surface area contributed by atoms with E-state index in [1.807, 2.05) is 0 Å². The molecule has 0 aromatic carbocycles. The van der Waals surface area contributed by atoms with E-state index in [4.69, 9.17) is 5.11 Å². The van der Waals surface area contributed by atoms with Crippen LogP contribution in [0.2, 0.25) is 0 Å². The molecule has 2 aromatic rings. The molecule has 2 rings (SSSR count). The first-order valence-corrected chi connectivity index (χ1v) is 4.48. The van der Waals surface area contributed by atoms with Crippen LogP contribution in [0.15, 0.2) is 22.9 Å². The summed E-state index contributed by atoms with van der Waals surface area (Å²) < 4.78 is 40.6. The van der Waals surface area contributed by atoms with Crippen LogP contribution in [0, 0.1) is 0 Å². The summed E-state index contributed by atoms with van der Waals surface area (Å²) in [5, 5.41) is 11.7. The summed E-state index contributed by atoms with van der Waals surface area (Å²) in [6.45, 7) is 0. The number of rotatable bonds is 2. The molecule has 9 heteroatoms. The molecule has 0 saturated heterocycles. The molecule has 2 heterocycles. The van der Waals surface area contributed by atoms with Crippen molar-refractivity contribution in [1.29, 1.82) is 0 Å². The number of pyridine rings is 1. The van der Waals surface area contributed by atoms with Gasteiger partial charge in [0.05, 0.1) is 0 Å². The largest absolute Gasteiger partial charge is 0.477 e. The molecule has 1 N–H and O–H groups in total. The number of nitrogens with zero attached hydrogens (tertiary/aromatic N) is 3. The van der Waals surface area contributed by atoms with Crippen molar-refractivity contribution in [1.82, 2.24) is 15.1 Å². The lowest BCUT2D eigenvalue weighted by Crippen LogP contribution is -2.05. The molecule has 94 valence electrons. The Morgan fingerprint density at radius 2 is 2.06 bits per heavy atom. The number of halogens is 3. The Morgan fingerprint density at radius 3 is 2.50 bits per heavy atom. The van der Waals surface area contributed by atoms with Gasteiger partial charge in [-0.15, -0.1) is 0 Å². The summed E-state index contributed by atoms with van der Waals surface area (Å²) in [5.41, 5.74) is -0.113. The van der Waals surface area contributed by atoms with Gasteiger partial charge in [0.2, 0.25) is 5.82 Å². The van der Waals surface area contributed by atoms with E-state index in [0.29, 0.717) is 0 Å². The third-order valence-corrected chi connectivity index (χ3v) is 1.91. The second kappa shape index (κ2) is 4.09. The highest BCUT2D eigenvalue weighted by atomic mass is 19.4. The van der Waals surface area contributed by atoms with Crippen molar-refractivity contribution in [2.75, 3.05) is 0 Å². The molecule has 18 heavy (non-hydrogen) atoms. The summed E-state index contributed by atoms with van der Waals surface area (Å²) >= 11 is 0. The van der Waals surface area contributed by atoms with E-state index in [9.17, 15) is 18.0 Å². The zero-order valence-electron chi connectivity index (χ0n) is 8.47. The minimum Gasteiger partial charge on any atom is -0.477 e. The fourth-order valence-corrected chi connectivity index (χ4v) is 1.11. The maximum Gasteiger partial charge on any atom is 0.471 e. The van der Waals surface area contributed by atoms with E-state index in [0.717, 1.165) is 12.3 Å². The molecule has 0 unspecified atom stereocenters. The molecule has 2 aromatic heterocycles. The zero-order valence-corrected chi connectivity index (χ0v) is 8.47. The second-order valence-electron chi connectivity index (χ2n) is 3.16. The van der Waals surface area contributed by atoms with Crippen molar-refractivity contribution in [3.05, 3.63) is 29.9 Å². The van der Waals surface area contributed by atoms with Crippen molar-refractivity contribution in [3.8, 4) is 11.4 Å². The number of hydrogen-bond donors (Lipinski definition) is 1. The van der Waals surface area contributed by atoms with Gasteiger partial charge in [-0.25, -0.2) is 9.78 Å². The van der Waals surface area contributed by atoms with Crippen molar-refractivity contribution in [2.24, 2.45) is 0 Å². The van der Waals surface area contributed by atoms with Gasteiger partial charge in [-0.05, 0) is 12.1 Å². The summed E-state index contributed by atoms with van der Waals surface area (Å²) in [6, 6.07) is 2.36. The first-order valence-electron chi connectivity index (χ1n) is 4.48. The Kier molecular flexibility index (Phi) is 2.73. The molecule has 0 aliphatic heterocycles. The third-order valence-electron chi connectivity index (χ3n) is 1.91. The van der Waals surface area contributed by atoms with Gasteiger partial charge in [0.15, 0.2) is 0 Å². The Labute approximate surface area is 97.1 Å². The highest BCUT2D eigenvalue weighted by Crippen LogP contribution is 2.29. The maximum atomic E-state index is 12.2. The molecule has 0 fully saturated rings. The van der Waals surface area contributed by atoms with Gasteiger partial charge >= 0.3 is 18.0 Å². The lowest BCUT2D eigenvalue weighted by atomic mass is 10.2. The van der Waals surface area contributed by atoms with E-state index >= 15 is 0 Å². The van der Waals surface area contributed by atoms with Crippen LogP contribution < -0.4 is 0 Å². The molecular formula is C9H4F3N3O3. The molecule has 0 radical (unpaired) electrons. The van der Waals surface area contributed by atoms with Crippen molar-refractivity contribution < 1.29 is 27.6 Å². The zero-order chi connectivity index (χ0) is 13.3. The van der Waals surface area contributed by atoms with Crippen LogP contribution >= 0.6 is 0 Å². The predicted molar refractivity (Wildman–Crippen MR) is 49.5 cm³/mol. The van der Waals surface area contributed by atoms with Crippen LogP contribution in [0.5, 0.6) is 0 Å². The number of alkyl halides is 3. The molecule has 0 atom stereocenters. The minimum absolute atomic E-state index is 0.124. The maximum absolute atomic E-state index is 12.2. The number of carbonyl (C=O) groups is 1. The lowest BCUT2D eigenvalue weighted by Gasteiger charge is -1.96. The topological polar surface area (TPSA) is 89.1 Å². The normalized spacial score (nSPS) is 11.5. The molecule has 0 aliphatic carbocycles. The summed E-state index contributed by atoms with van der Waals surface area (Å²) in [5.74, 6) is -3.03. The van der Waals surface area contributed by atoms with Crippen molar-refractivity contribution >= 4 is 5.97 Å². The van der Waals surface area contributed by atoms with E-state index in [1.54, 1.807) is 0 Å². The van der Waals surface area contributed by atoms with E-state index in [-0.39, 0.29) is 17.1 Å². The van der Waals surface area contributed by atoms with E-state index in [1.165, 1.54) is 6.07 Å². The highest BCUT2D eigenvalue weighted by Gasteiger charge is 2.38. The summed E-state index contributed by atoms with van der Waals surface area (Å²) in [7, 11) is 0. The van der Waals surface area contributed by atoms with Gasteiger partial charge in [-0.2, -0.15) is 18.2 Å². The third kappa shape index (κ3) is 2.29. The Bertz CT molecular complexity index is 577. The van der Waals surface area contributed by atoms with Gasteiger partial charge in [-0.1, -0.05) is 5.16 Å². The van der Waals surface area contributed by atoms with E-state index < -0.39 is 18.0 Å². The molecule has 0 spiro atoms. The van der Waals surface area contributed by atoms with Crippen LogP contribution in [0.25, 0.3) is 11.4 Å². The fraction of sp³-hybridized carbons (Fsp3) is 0.111. The molecular weight excluding hydrogens is 255 g/mol. The summed E-state index contributed by atoms with van der Waals surface area (Å²) in [6.07, 6.45) is -3.67. The number of aromatic nitrogens is 3. The van der Waals surface area contributed by atoms with Crippen LogP contribution in [0.4, 0.5) is 13.2 Å². The van der Waals surface area contributed by atoms with Crippen LogP contribution in [-0.2, 0) is 6.18 Å². The highest BCUT2D eigenvalue weighted by molar-refractivity contribution is 5.85. The van der Waals surface area contributed by atoms with Crippen LogP contribution in [0.3, 0.4) is 0 Å². The number of carboxylic acid groups (broad SMARTS) is 1. The summed E-state index contributed by atoms with van der Waals surface area (Å²) in [4.78, 5) is 17.2. The van der Waals surface area contributed by atoms with E-state index in [2.05, 4.69) is 19.6 Å².